The first-order chi connectivity index (χ1) is 5.90. The number of aromatic nitrogens is 3. The van der Waals surface area contributed by atoms with Gasteiger partial charge in [-0.2, -0.15) is 5.10 Å². The van der Waals surface area contributed by atoms with Gasteiger partial charge in [0.25, 0.3) is 0 Å². The molecule has 0 saturated carbocycles. The van der Waals surface area contributed by atoms with Gasteiger partial charge >= 0.3 is 5.97 Å². The van der Waals surface area contributed by atoms with Crippen LogP contribution in [0.5, 0.6) is 0 Å². The predicted octanol–water partition coefficient (Wildman–Crippen LogP) is 0.770. The van der Waals surface area contributed by atoms with E-state index in [1.807, 2.05) is 0 Å². The highest BCUT2D eigenvalue weighted by Crippen LogP contribution is 2.09. The van der Waals surface area contributed by atoms with Crippen LogP contribution in [-0.2, 0) is 11.8 Å². The van der Waals surface area contributed by atoms with Crippen LogP contribution in [0.3, 0.4) is 0 Å². The van der Waals surface area contributed by atoms with Crippen LogP contribution in [0.4, 0.5) is 0 Å². The van der Waals surface area contributed by atoms with Crippen molar-refractivity contribution >= 4 is 5.97 Å². The molecule has 0 radical (unpaired) electrons. The minimum absolute atomic E-state index is 0.218. The van der Waals surface area contributed by atoms with Crippen LogP contribution in [0.15, 0.2) is 6.33 Å². The van der Waals surface area contributed by atoms with Gasteiger partial charge in [-0.25, -0.2) is 14.5 Å². The SMILES string of the molecule is Cn1ncnc1C(=O)OC(C)(C)C. The van der Waals surface area contributed by atoms with Gasteiger partial charge in [0.05, 0.1) is 0 Å². The molecule has 5 nitrogen and oxygen atoms in total. The zero-order chi connectivity index (χ0) is 10.1. The van der Waals surface area contributed by atoms with E-state index in [-0.39, 0.29) is 5.82 Å². The Morgan fingerprint density at radius 2 is 2.15 bits per heavy atom. The third-order valence-corrected chi connectivity index (χ3v) is 1.29. The highest BCUT2D eigenvalue weighted by Gasteiger charge is 2.20. The highest BCUT2D eigenvalue weighted by atomic mass is 16.6. The molecule has 1 rings (SSSR count). The van der Waals surface area contributed by atoms with E-state index in [9.17, 15) is 4.79 Å². The lowest BCUT2D eigenvalue weighted by molar-refractivity contribution is 0.00506. The summed E-state index contributed by atoms with van der Waals surface area (Å²) in [4.78, 5) is 15.2. The van der Waals surface area contributed by atoms with Crippen molar-refractivity contribution < 1.29 is 9.53 Å². The zero-order valence-corrected chi connectivity index (χ0v) is 8.24. The molecule has 0 aliphatic rings. The summed E-state index contributed by atoms with van der Waals surface area (Å²) in [7, 11) is 1.65. The highest BCUT2D eigenvalue weighted by molar-refractivity contribution is 5.85. The Bertz CT molecular complexity index is 311. The molecule has 0 aliphatic carbocycles. The molecule has 5 heteroatoms. The molecule has 0 saturated heterocycles. The number of nitrogens with zero attached hydrogens (tertiary/aromatic N) is 3. The third-order valence-electron chi connectivity index (χ3n) is 1.29. The van der Waals surface area contributed by atoms with E-state index in [2.05, 4.69) is 10.1 Å². The number of rotatable bonds is 1. The van der Waals surface area contributed by atoms with Gasteiger partial charge < -0.3 is 4.74 Å². The van der Waals surface area contributed by atoms with Gasteiger partial charge in [0.15, 0.2) is 0 Å². The van der Waals surface area contributed by atoms with E-state index < -0.39 is 11.6 Å². The minimum atomic E-state index is -0.497. The molecule has 0 bridgehead atoms. The molecule has 0 aliphatic heterocycles. The van der Waals surface area contributed by atoms with Crippen molar-refractivity contribution in [2.75, 3.05) is 0 Å². The molecule has 0 atom stereocenters. The predicted molar refractivity (Wildman–Crippen MR) is 46.2 cm³/mol. The number of carbonyl (C=O) groups excluding carboxylic acids is 1. The number of carbonyl (C=O) groups is 1. The fourth-order valence-electron chi connectivity index (χ4n) is 0.805. The summed E-state index contributed by atoms with van der Waals surface area (Å²) in [5, 5.41) is 3.77. The van der Waals surface area contributed by atoms with Crippen molar-refractivity contribution in [3.05, 3.63) is 12.2 Å². The first kappa shape index (κ1) is 9.70. The van der Waals surface area contributed by atoms with Gasteiger partial charge in [-0.05, 0) is 20.8 Å². The van der Waals surface area contributed by atoms with Crippen LogP contribution in [0.2, 0.25) is 0 Å². The monoisotopic (exact) mass is 183 g/mol. The van der Waals surface area contributed by atoms with E-state index in [1.165, 1.54) is 11.0 Å². The fourth-order valence-corrected chi connectivity index (χ4v) is 0.805. The van der Waals surface area contributed by atoms with Gasteiger partial charge in [-0.3, -0.25) is 0 Å². The molecule has 0 N–H and O–H groups in total. The Labute approximate surface area is 76.7 Å². The van der Waals surface area contributed by atoms with Gasteiger partial charge in [-0.15, -0.1) is 0 Å². The molecule has 1 heterocycles. The van der Waals surface area contributed by atoms with Crippen molar-refractivity contribution in [3.8, 4) is 0 Å². The smallest absolute Gasteiger partial charge is 0.376 e. The maximum atomic E-state index is 11.4. The Morgan fingerprint density at radius 3 is 2.54 bits per heavy atom. The molecule has 0 unspecified atom stereocenters. The molecule has 1 aromatic rings. The first-order valence-electron chi connectivity index (χ1n) is 3.97. The molecule has 13 heavy (non-hydrogen) atoms. The minimum Gasteiger partial charge on any atom is -0.454 e. The summed E-state index contributed by atoms with van der Waals surface area (Å²) in [6, 6.07) is 0. The van der Waals surface area contributed by atoms with Crippen molar-refractivity contribution in [1.29, 1.82) is 0 Å². The van der Waals surface area contributed by atoms with Crippen molar-refractivity contribution in [2.45, 2.75) is 26.4 Å². The van der Waals surface area contributed by atoms with Gasteiger partial charge in [0.1, 0.15) is 11.9 Å². The molecule has 0 aromatic carbocycles. The average Bonchev–Trinajstić information content (AvgIpc) is 2.30. The summed E-state index contributed by atoms with van der Waals surface area (Å²) < 4.78 is 6.48. The Kier molecular flexibility index (Phi) is 2.36. The molecular weight excluding hydrogens is 170 g/mol. The summed E-state index contributed by atoms with van der Waals surface area (Å²) in [5.74, 6) is -0.234. The summed E-state index contributed by atoms with van der Waals surface area (Å²) in [6.07, 6.45) is 1.32. The number of hydrogen-bond acceptors (Lipinski definition) is 4. The van der Waals surface area contributed by atoms with E-state index in [0.717, 1.165) is 0 Å². The van der Waals surface area contributed by atoms with Crippen LogP contribution in [-0.4, -0.2) is 26.3 Å². The van der Waals surface area contributed by atoms with Crippen molar-refractivity contribution in [1.82, 2.24) is 14.8 Å². The lowest BCUT2D eigenvalue weighted by atomic mass is 10.2. The van der Waals surface area contributed by atoms with Crippen LogP contribution >= 0.6 is 0 Å². The number of ether oxygens (including phenoxy) is 1. The van der Waals surface area contributed by atoms with E-state index >= 15 is 0 Å². The van der Waals surface area contributed by atoms with Gasteiger partial charge in [-0.1, -0.05) is 0 Å². The molecule has 0 fully saturated rings. The summed E-state index contributed by atoms with van der Waals surface area (Å²) in [5.41, 5.74) is -0.497. The van der Waals surface area contributed by atoms with E-state index in [4.69, 9.17) is 4.74 Å². The topological polar surface area (TPSA) is 57.0 Å². The fraction of sp³-hybridized carbons (Fsp3) is 0.625. The lowest BCUT2D eigenvalue weighted by Crippen LogP contribution is -2.25. The zero-order valence-electron chi connectivity index (χ0n) is 8.24. The first-order valence-corrected chi connectivity index (χ1v) is 3.97. The number of aryl methyl sites for hydroxylation is 1. The number of hydrogen-bond donors (Lipinski definition) is 0. The van der Waals surface area contributed by atoms with Crippen LogP contribution in [0.1, 0.15) is 31.4 Å². The van der Waals surface area contributed by atoms with Crippen LogP contribution in [0, 0.1) is 0 Å². The number of esters is 1. The van der Waals surface area contributed by atoms with Gasteiger partial charge in [0.2, 0.25) is 5.82 Å². The standard InChI is InChI=1S/C8H13N3O2/c1-8(2,3)13-7(12)6-9-5-10-11(6)4/h5H,1-4H3. The maximum Gasteiger partial charge on any atom is 0.376 e. The molecule has 0 spiro atoms. The van der Waals surface area contributed by atoms with E-state index in [1.54, 1.807) is 27.8 Å². The summed E-state index contributed by atoms with van der Waals surface area (Å²) in [6.45, 7) is 5.42. The molecule has 72 valence electrons. The summed E-state index contributed by atoms with van der Waals surface area (Å²) >= 11 is 0. The van der Waals surface area contributed by atoms with Crippen molar-refractivity contribution in [2.24, 2.45) is 7.05 Å². The third kappa shape index (κ3) is 2.54. The molecule has 0 amide bonds. The van der Waals surface area contributed by atoms with Crippen LogP contribution < -0.4 is 0 Å². The quantitative estimate of drug-likeness (QED) is 0.603. The normalized spacial score (nSPS) is 11.4. The maximum absolute atomic E-state index is 11.4. The van der Waals surface area contributed by atoms with E-state index in [0.29, 0.717) is 0 Å². The Morgan fingerprint density at radius 1 is 1.54 bits per heavy atom. The Balaban J connectivity index is 2.76. The largest absolute Gasteiger partial charge is 0.454 e. The van der Waals surface area contributed by atoms with Crippen molar-refractivity contribution in [3.63, 3.8) is 0 Å². The molecule has 1 aromatic heterocycles. The second kappa shape index (κ2) is 3.16. The van der Waals surface area contributed by atoms with Gasteiger partial charge in [0, 0.05) is 7.05 Å². The second-order valence-corrected chi connectivity index (χ2v) is 3.71. The molecular formula is C8H13N3O2. The average molecular weight is 183 g/mol. The Hall–Kier alpha value is -1.39. The lowest BCUT2D eigenvalue weighted by Gasteiger charge is -2.18. The van der Waals surface area contributed by atoms with Crippen LogP contribution in [0.25, 0.3) is 0 Å². The second-order valence-electron chi connectivity index (χ2n) is 3.71.